The highest BCUT2D eigenvalue weighted by Crippen LogP contribution is 2.46. The van der Waals surface area contributed by atoms with Crippen LogP contribution in [0.1, 0.15) is 32.6 Å². The first kappa shape index (κ1) is 12.1. The van der Waals surface area contributed by atoms with Crippen molar-refractivity contribution in [1.29, 1.82) is 0 Å². The Balaban J connectivity index is 1.75. The van der Waals surface area contributed by atoms with Gasteiger partial charge >= 0.3 is 6.03 Å². The first-order valence-corrected chi connectivity index (χ1v) is 7.46. The third-order valence-electron chi connectivity index (χ3n) is 3.75. The second kappa shape index (κ2) is 4.86. The van der Waals surface area contributed by atoms with E-state index >= 15 is 0 Å². The molecule has 0 spiro atoms. The number of nitrogens with zero attached hydrogens (tertiary/aromatic N) is 1. The fraction of sp³-hybridized carbons (Fsp3) is 0.917. The first-order valence-electron chi connectivity index (χ1n) is 6.23. The number of amides is 2. The number of carbonyl (C=O) groups excluding carboxylic acids is 1. The molecule has 0 aromatic carbocycles. The molecule has 16 heavy (non-hydrogen) atoms. The van der Waals surface area contributed by atoms with Crippen LogP contribution < -0.4 is 5.32 Å². The quantitative estimate of drug-likeness (QED) is 0.824. The number of thioether (sulfide) groups is 1. The van der Waals surface area contributed by atoms with E-state index < -0.39 is 0 Å². The largest absolute Gasteiger partial charge is 0.337 e. The van der Waals surface area contributed by atoms with E-state index in [1.165, 1.54) is 19.3 Å². The molecule has 4 heteroatoms. The average molecular weight is 242 g/mol. The minimum Gasteiger partial charge on any atom is -0.337 e. The third-order valence-corrected chi connectivity index (χ3v) is 5.17. The van der Waals surface area contributed by atoms with Crippen LogP contribution in [0.25, 0.3) is 0 Å². The van der Waals surface area contributed by atoms with Crippen LogP contribution in [0, 0.1) is 5.92 Å². The zero-order chi connectivity index (χ0) is 11.6. The van der Waals surface area contributed by atoms with Gasteiger partial charge in [0.25, 0.3) is 0 Å². The predicted molar refractivity (Wildman–Crippen MR) is 68.8 cm³/mol. The first-order chi connectivity index (χ1) is 7.65. The molecule has 1 heterocycles. The van der Waals surface area contributed by atoms with E-state index in [1.807, 2.05) is 16.7 Å². The van der Waals surface area contributed by atoms with Gasteiger partial charge in [-0.2, -0.15) is 11.8 Å². The van der Waals surface area contributed by atoms with Crippen molar-refractivity contribution in [1.82, 2.24) is 10.2 Å². The maximum Gasteiger partial charge on any atom is 0.317 e. The van der Waals surface area contributed by atoms with Crippen molar-refractivity contribution in [2.45, 2.75) is 37.4 Å². The Morgan fingerprint density at radius 3 is 2.88 bits per heavy atom. The van der Waals surface area contributed by atoms with Crippen LogP contribution in [0.3, 0.4) is 0 Å². The van der Waals surface area contributed by atoms with E-state index in [1.54, 1.807) is 0 Å². The topological polar surface area (TPSA) is 32.3 Å². The number of hydrogen-bond acceptors (Lipinski definition) is 2. The zero-order valence-electron chi connectivity index (χ0n) is 10.3. The Hall–Kier alpha value is -0.380. The fourth-order valence-corrected chi connectivity index (χ4v) is 3.04. The highest BCUT2D eigenvalue weighted by molar-refractivity contribution is 8.00. The summed E-state index contributed by atoms with van der Waals surface area (Å²) < 4.78 is 0.372. The van der Waals surface area contributed by atoms with Crippen LogP contribution in [-0.4, -0.2) is 41.6 Å². The Morgan fingerprint density at radius 2 is 2.31 bits per heavy atom. The lowest BCUT2D eigenvalue weighted by atomic mass is 10.0. The molecule has 0 radical (unpaired) electrons. The van der Waals surface area contributed by atoms with Gasteiger partial charge in [-0.3, -0.25) is 0 Å². The summed E-state index contributed by atoms with van der Waals surface area (Å²) >= 11 is 1.89. The van der Waals surface area contributed by atoms with Crippen LogP contribution in [0.15, 0.2) is 0 Å². The predicted octanol–water partition coefficient (Wildman–Crippen LogP) is 2.32. The van der Waals surface area contributed by atoms with Crippen molar-refractivity contribution >= 4 is 17.8 Å². The van der Waals surface area contributed by atoms with Gasteiger partial charge in [-0.05, 0) is 37.9 Å². The second-order valence-electron chi connectivity index (χ2n) is 5.24. The van der Waals surface area contributed by atoms with Gasteiger partial charge in [-0.15, -0.1) is 0 Å². The summed E-state index contributed by atoms with van der Waals surface area (Å²) in [7, 11) is 0. The molecule has 3 nitrogen and oxygen atoms in total. The van der Waals surface area contributed by atoms with E-state index in [-0.39, 0.29) is 6.03 Å². The van der Waals surface area contributed by atoms with Crippen molar-refractivity contribution in [3.05, 3.63) is 0 Å². The van der Waals surface area contributed by atoms with Crippen LogP contribution in [0.5, 0.6) is 0 Å². The summed E-state index contributed by atoms with van der Waals surface area (Å²) in [6.45, 7) is 4.93. The van der Waals surface area contributed by atoms with Crippen molar-refractivity contribution in [3.8, 4) is 0 Å². The van der Waals surface area contributed by atoms with Crippen molar-refractivity contribution in [3.63, 3.8) is 0 Å². The van der Waals surface area contributed by atoms with Crippen molar-refractivity contribution < 1.29 is 4.79 Å². The molecular formula is C12H22N2OS. The van der Waals surface area contributed by atoms with Gasteiger partial charge in [0.1, 0.15) is 0 Å². The highest BCUT2D eigenvalue weighted by atomic mass is 32.2. The zero-order valence-corrected chi connectivity index (χ0v) is 11.1. The summed E-state index contributed by atoms with van der Waals surface area (Å²) in [6, 6.07) is 0.145. The summed E-state index contributed by atoms with van der Waals surface area (Å²) in [5, 5.41) is 3.09. The molecule has 1 saturated carbocycles. The fourth-order valence-electron chi connectivity index (χ4n) is 2.31. The van der Waals surface area contributed by atoms with Crippen molar-refractivity contribution in [2.24, 2.45) is 5.92 Å². The maximum absolute atomic E-state index is 11.9. The standard InChI is InChI=1S/C12H22N2OS/c1-10-4-3-7-14(8-10)11(15)13-9-12(16-2)5-6-12/h10H,3-9H2,1-2H3,(H,13,15). The number of carbonyl (C=O) groups is 1. The lowest BCUT2D eigenvalue weighted by molar-refractivity contribution is 0.170. The minimum absolute atomic E-state index is 0.145. The Morgan fingerprint density at radius 1 is 1.56 bits per heavy atom. The second-order valence-corrected chi connectivity index (χ2v) is 6.51. The summed E-state index contributed by atoms with van der Waals surface area (Å²) in [4.78, 5) is 13.9. The summed E-state index contributed by atoms with van der Waals surface area (Å²) in [6.07, 6.45) is 7.07. The molecule has 2 amide bonds. The molecule has 1 unspecified atom stereocenters. The Bertz CT molecular complexity index is 266. The summed E-state index contributed by atoms with van der Waals surface area (Å²) in [5.74, 6) is 0.662. The minimum atomic E-state index is 0.145. The molecule has 1 atom stereocenters. The average Bonchev–Trinajstić information content (AvgIpc) is 3.07. The van der Waals surface area contributed by atoms with Gasteiger partial charge in [0.05, 0.1) is 0 Å². The number of hydrogen-bond donors (Lipinski definition) is 1. The number of piperidine rings is 1. The molecule has 0 bridgehead atoms. The number of nitrogens with one attached hydrogen (secondary N) is 1. The van der Waals surface area contributed by atoms with Crippen LogP contribution in [0.2, 0.25) is 0 Å². The normalized spacial score (nSPS) is 27.6. The molecule has 2 aliphatic rings. The molecule has 2 fully saturated rings. The third kappa shape index (κ3) is 2.84. The van der Waals surface area contributed by atoms with Crippen LogP contribution in [0.4, 0.5) is 4.79 Å². The van der Waals surface area contributed by atoms with Crippen molar-refractivity contribution in [2.75, 3.05) is 25.9 Å². The van der Waals surface area contributed by atoms with Gasteiger partial charge < -0.3 is 10.2 Å². The number of rotatable bonds is 3. The van der Waals surface area contributed by atoms with Gasteiger partial charge in [-0.25, -0.2) is 4.79 Å². The lowest BCUT2D eigenvalue weighted by Crippen LogP contribution is -2.46. The molecule has 92 valence electrons. The molecule has 0 aromatic heterocycles. The molecular weight excluding hydrogens is 220 g/mol. The van der Waals surface area contributed by atoms with Crippen LogP contribution >= 0.6 is 11.8 Å². The summed E-state index contributed by atoms with van der Waals surface area (Å²) in [5.41, 5.74) is 0. The Labute approximate surface area is 102 Å². The SMILES string of the molecule is CSC1(CNC(=O)N2CCCC(C)C2)CC1. The molecule has 0 aromatic rings. The van der Waals surface area contributed by atoms with Crippen LogP contribution in [-0.2, 0) is 0 Å². The lowest BCUT2D eigenvalue weighted by Gasteiger charge is -2.31. The monoisotopic (exact) mass is 242 g/mol. The number of likely N-dealkylation sites (tertiary alicyclic amines) is 1. The van der Waals surface area contributed by atoms with Gasteiger partial charge in [-0.1, -0.05) is 6.92 Å². The molecule has 1 aliphatic carbocycles. The van der Waals surface area contributed by atoms with E-state index in [0.29, 0.717) is 10.7 Å². The van der Waals surface area contributed by atoms with E-state index in [4.69, 9.17) is 0 Å². The maximum atomic E-state index is 11.9. The number of urea groups is 1. The molecule has 1 N–H and O–H groups in total. The van der Waals surface area contributed by atoms with Gasteiger partial charge in [0.15, 0.2) is 0 Å². The molecule has 2 rings (SSSR count). The molecule has 1 saturated heterocycles. The van der Waals surface area contributed by atoms with E-state index in [9.17, 15) is 4.79 Å². The Kier molecular flexibility index (Phi) is 3.67. The van der Waals surface area contributed by atoms with Gasteiger partial charge in [0.2, 0.25) is 0 Å². The van der Waals surface area contributed by atoms with E-state index in [0.717, 1.165) is 26.1 Å². The molecule has 1 aliphatic heterocycles. The highest BCUT2D eigenvalue weighted by Gasteiger charge is 2.42. The smallest absolute Gasteiger partial charge is 0.317 e. The van der Waals surface area contributed by atoms with Gasteiger partial charge in [0, 0.05) is 24.4 Å². The van der Waals surface area contributed by atoms with E-state index in [2.05, 4.69) is 18.5 Å².